The van der Waals surface area contributed by atoms with Gasteiger partial charge in [-0.3, -0.25) is 0 Å². The fraction of sp³-hybridized carbons (Fsp3) is 0.200. The van der Waals surface area contributed by atoms with Crippen LogP contribution in [0.4, 0.5) is 0 Å². The number of rotatable bonds is 4. The Kier molecular flexibility index (Phi) is 3.36. The Hall–Kier alpha value is -1.68. The number of hydrogen-bond acceptors (Lipinski definition) is 3. The van der Waals surface area contributed by atoms with Gasteiger partial charge in [0.2, 0.25) is 0 Å². The lowest BCUT2D eigenvalue weighted by Crippen LogP contribution is -2.23. The molecule has 0 fully saturated rings. The number of carboxylic acid groups (broad SMARTS) is 1. The molecule has 0 radical (unpaired) electrons. The van der Waals surface area contributed by atoms with Crippen LogP contribution < -0.4 is 0 Å². The van der Waals surface area contributed by atoms with Gasteiger partial charge in [-0.15, -0.1) is 0 Å². The summed E-state index contributed by atoms with van der Waals surface area (Å²) in [7, 11) is 0. The van der Waals surface area contributed by atoms with Crippen molar-refractivity contribution in [3.8, 4) is 0 Å². The van der Waals surface area contributed by atoms with E-state index >= 15 is 0 Å². The van der Waals surface area contributed by atoms with Crippen LogP contribution in [-0.4, -0.2) is 28.0 Å². The normalized spacial score (nSPS) is 12.1. The van der Waals surface area contributed by atoms with Gasteiger partial charge in [0.15, 0.2) is 6.10 Å². The van der Waals surface area contributed by atoms with Crippen LogP contribution in [0.15, 0.2) is 30.3 Å². The zero-order chi connectivity index (χ0) is 10.6. The van der Waals surface area contributed by atoms with Crippen LogP contribution in [0, 0.1) is 5.41 Å². The van der Waals surface area contributed by atoms with Crippen LogP contribution in [0.5, 0.6) is 0 Å². The van der Waals surface area contributed by atoms with E-state index in [9.17, 15) is 4.79 Å². The number of aliphatic hydroxyl groups is 1. The first-order valence-electron chi connectivity index (χ1n) is 4.15. The molecule has 1 atom stereocenters. The smallest absolute Gasteiger partial charge is 0.332 e. The largest absolute Gasteiger partial charge is 0.479 e. The van der Waals surface area contributed by atoms with Crippen molar-refractivity contribution >= 4 is 11.7 Å². The summed E-state index contributed by atoms with van der Waals surface area (Å²) in [5.41, 5.74) is 0.758. The van der Waals surface area contributed by atoms with Gasteiger partial charge in [0.1, 0.15) is 0 Å². The standard InChI is InChI=1S/C10H11NO3/c11-8(6-9(12)10(13)14)7-4-2-1-3-5-7/h1-5,9,11-12H,6H2,(H,13,14). The lowest BCUT2D eigenvalue weighted by molar-refractivity contribution is -0.146. The summed E-state index contributed by atoms with van der Waals surface area (Å²) in [6.07, 6.45) is -1.66. The molecule has 0 saturated heterocycles. The molecule has 14 heavy (non-hydrogen) atoms. The monoisotopic (exact) mass is 193 g/mol. The third-order valence-electron chi connectivity index (χ3n) is 1.80. The van der Waals surface area contributed by atoms with Gasteiger partial charge >= 0.3 is 5.97 Å². The van der Waals surface area contributed by atoms with E-state index in [-0.39, 0.29) is 12.1 Å². The fourth-order valence-electron chi connectivity index (χ4n) is 1.04. The third-order valence-corrected chi connectivity index (χ3v) is 1.80. The minimum atomic E-state index is -1.50. The maximum Gasteiger partial charge on any atom is 0.332 e. The summed E-state index contributed by atoms with van der Waals surface area (Å²) >= 11 is 0. The van der Waals surface area contributed by atoms with Gasteiger partial charge in [-0.1, -0.05) is 30.3 Å². The number of benzene rings is 1. The fourth-order valence-corrected chi connectivity index (χ4v) is 1.04. The van der Waals surface area contributed by atoms with Crippen molar-refractivity contribution < 1.29 is 15.0 Å². The zero-order valence-corrected chi connectivity index (χ0v) is 7.47. The summed E-state index contributed by atoms with van der Waals surface area (Å²) in [5, 5.41) is 25.0. The van der Waals surface area contributed by atoms with Crippen LogP contribution in [0.1, 0.15) is 12.0 Å². The Labute approximate surface area is 81.3 Å². The maximum absolute atomic E-state index is 10.3. The van der Waals surface area contributed by atoms with Crippen LogP contribution in [-0.2, 0) is 4.79 Å². The van der Waals surface area contributed by atoms with Crippen molar-refractivity contribution in [2.24, 2.45) is 0 Å². The van der Waals surface area contributed by atoms with E-state index in [0.29, 0.717) is 5.56 Å². The SMILES string of the molecule is N=C(CC(O)C(=O)O)c1ccccc1. The van der Waals surface area contributed by atoms with Crippen LogP contribution in [0.2, 0.25) is 0 Å². The Morgan fingerprint density at radius 3 is 2.43 bits per heavy atom. The molecule has 0 aromatic heterocycles. The number of hydrogen-bond donors (Lipinski definition) is 3. The minimum absolute atomic E-state index is 0.125. The molecule has 0 bridgehead atoms. The van der Waals surface area contributed by atoms with E-state index in [1.807, 2.05) is 6.07 Å². The first-order valence-corrected chi connectivity index (χ1v) is 4.15. The van der Waals surface area contributed by atoms with Gasteiger partial charge in [-0.05, 0) is 5.56 Å². The van der Waals surface area contributed by atoms with Crippen LogP contribution in [0.3, 0.4) is 0 Å². The molecule has 1 aromatic rings. The van der Waals surface area contributed by atoms with Gasteiger partial charge in [-0.2, -0.15) is 0 Å². The highest BCUT2D eigenvalue weighted by atomic mass is 16.4. The second kappa shape index (κ2) is 4.53. The van der Waals surface area contributed by atoms with Gasteiger partial charge in [-0.25, -0.2) is 4.79 Å². The van der Waals surface area contributed by atoms with Crippen LogP contribution in [0.25, 0.3) is 0 Å². The third kappa shape index (κ3) is 2.67. The Bertz CT molecular complexity index is 334. The van der Waals surface area contributed by atoms with Crippen LogP contribution >= 0.6 is 0 Å². The molecule has 0 aliphatic heterocycles. The van der Waals surface area contributed by atoms with E-state index in [2.05, 4.69) is 0 Å². The summed E-state index contributed by atoms with van der Waals surface area (Å²) in [6.45, 7) is 0. The van der Waals surface area contributed by atoms with Crippen molar-refractivity contribution in [3.05, 3.63) is 35.9 Å². The average Bonchev–Trinajstić information content (AvgIpc) is 2.19. The zero-order valence-electron chi connectivity index (χ0n) is 7.47. The Morgan fingerprint density at radius 1 is 1.36 bits per heavy atom. The lowest BCUT2D eigenvalue weighted by Gasteiger charge is -2.06. The molecular weight excluding hydrogens is 182 g/mol. The molecule has 1 unspecified atom stereocenters. The second-order valence-electron chi connectivity index (χ2n) is 2.90. The minimum Gasteiger partial charge on any atom is -0.479 e. The van der Waals surface area contributed by atoms with Crippen molar-refractivity contribution in [2.75, 3.05) is 0 Å². The van der Waals surface area contributed by atoms with Gasteiger partial charge in [0, 0.05) is 12.1 Å². The molecule has 0 spiro atoms. The number of aliphatic carboxylic acids is 1. The lowest BCUT2D eigenvalue weighted by atomic mass is 10.0. The topological polar surface area (TPSA) is 81.4 Å². The molecule has 74 valence electrons. The Balaban J connectivity index is 2.64. The number of carbonyl (C=O) groups is 1. The second-order valence-corrected chi connectivity index (χ2v) is 2.90. The molecule has 0 aliphatic carbocycles. The van der Waals surface area contributed by atoms with E-state index < -0.39 is 12.1 Å². The summed E-state index contributed by atoms with van der Waals surface area (Å²) in [5.74, 6) is -1.30. The van der Waals surface area contributed by atoms with Crippen molar-refractivity contribution in [1.29, 1.82) is 5.41 Å². The molecule has 1 aromatic carbocycles. The summed E-state index contributed by atoms with van der Waals surface area (Å²) < 4.78 is 0. The molecule has 0 amide bonds. The average molecular weight is 193 g/mol. The highest BCUT2D eigenvalue weighted by Gasteiger charge is 2.15. The molecule has 1 rings (SSSR count). The van der Waals surface area contributed by atoms with E-state index in [1.54, 1.807) is 24.3 Å². The van der Waals surface area contributed by atoms with Gasteiger partial charge in [0.25, 0.3) is 0 Å². The van der Waals surface area contributed by atoms with E-state index in [4.69, 9.17) is 15.6 Å². The number of carboxylic acids is 1. The van der Waals surface area contributed by atoms with E-state index in [1.165, 1.54) is 0 Å². The molecule has 4 heteroatoms. The highest BCUT2D eigenvalue weighted by Crippen LogP contribution is 2.05. The number of aliphatic hydroxyl groups excluding tert-OH is 1. The molecule has 4 nitrogen and oxygen atoms in total. The van der Waals surface area contributed by atoms with Crippen molar-refractivity contribution in [3.63, 3.8) is 0 Å². The predicted molar refractivity (Wildman–Crippen MR) is 51.5 cm³/mol. The maximum atomic E-state index is 10.3. The van der Waals surface area contributed by atoms with E-state index in [0.717, 1.165) is 0 Å². The quantitative estimate of drug-likeness (QED) is 0.621. The summed E-state index contributed by atoms with van der Waals surface area (Å²) in [6, 6.07) is 8.74. The highest BCUT2D eigenvalue weighted by molar-refractivity contribution is 6.00. The first-order chi connectivity index (χ1) is 6.61. The van der Waals surface area contributed by atoms with Gasteiger partial charge in [0.05, 0.1) is 0 Å². The van der Waals surface area contributed by atoms with Crippen molar-refractivity contribution in [1.82, 2.24) is 0 Å². The molecule has 0 saturated carbocycles. The predicted octanol–water partition coefficient (Wildman–Crippen LogP) is 0.890. The molecular formula is C10H11NO3. The molecule has 0 heterocycles. The first kappa shape index (κ1) is 10.4. The van der Waals surface area contributed by atoms with Gasteiger partial charge < -0.3 is 15.6 Å². The molecule has 0 aliphatic rings. The Morgan fingerprint density at radius 2 is 1.93 bits per heavy atom. The number of nitrogens with one attached hydrogen (secondary N) is 1. The summed E-state index contributed by atoms with van der Waals surface area (Å²) in [4.78, 5) is 10.3. The van der Waals surface area contributed by atoms with Crippen molar-refractivity contribution in [2.45, 2.75) is 12.5 Å². The molecule has 3 N–H and O–H groups in total.